The summed E-state index contributed by atoms with van der Waals surface area (Å²) < 4.78 is 17.4. The minimum Gasteiger partial charge on any atom is -0.496 e. The molecule has 1 fully saturated rings. The van der Waals surface area contributed by atoms with Crippen molar-refractivity contribution in [3.05, 3.63) is 28.2 Å². The molecule has 0 aromatic heterocycles. The number of hydrogen-bond donors (Lipinski definition) is 2. The Morgan fingerprint density at radius 1 is 1.40 bits per heavy atom. The zero-order valence-corrected chi connectivity index (χ0v) is 16.6. The van der Waals surface area contributed by atoms with Crippen molar-refractivity contribution in [2.75, 3.05) is 40.5 Å². The molecule has 1 saturated heterocycles. The summed E-state index contributed by atoms with van der Waals surface area (Å²) in [5.74, 6) is 1.61. The first kappa shape index (κ1) is 20.0. The number of halogens is 1. The van der Waals surface area contributed by atoms with E-state index in [2.05, 4.69) is 31.6 Å². The van der Waals surface area contributed by atoms with Crippen LogP contribution >= 0.6 is 15.9 Å². The Hall–Kier alpha value is -1.31. The third kappa shape index (κ3) is 7.22. The van der Waals surface area contributed by atoms with Crippen LogP contribution in [0.1, 0.15) is 24.8 Å². The maximum absolute atomic E-state index is 5.65. The summed E-state index contributed by atoms with van der Waals surface area (Å²) in [4.78, 5) is 4.24. The van der Waals surface area contributed by atoms with Gasteiger partial charge in [-0.15, -0.1) is 0 Å². The molecule has 1 aliphatic rings. The van der Waals surface area contributed by atoms with Crippen LogP contribution in [0.2, 0.25) is 0 Å². The largest absolute Gasteiger partial charge is 0.496 e. The van der Waals surface area contributed by atoms with Crippen LogP contribution in [0.3, 0.4) is 0 Å². The zero-order valence-electron chi connectivity index (χ0n) is 15.0. The molecule has 0 spiro atoms. The van der Waals surface area contributed by atoms with E-state index in [4.69, 9.17) is 14.2 Å². The first-order valence-electron chi connectivity index (χ1n) is 8.69. The second-order valence-electron chi connectivity index (χ2n) is 5.88. The third-order valence-electron chi connectivity index (χ3n) is 3.99. The topological polar surface area (TPSA) is 64.1 Å². The standard InChI is InChI=1S/C18H28BrN3O3/c1-20-18(21-8-4-9-24-13-15-5-3-10-25-15)22-12-14-6-7-17(23-2)16(19)11-14/h6-7,11,15H,3-5,8-10,12-13H2,1-2H3,(H2,20,21,22). The predicted octanol–water partition coefficient (Wildman–Crippen LogP) is 2.71. The van der Waals surface area contributed by atoms with Crippen LogP contribution in [0.15, 0.2) is 27.7 Å². The van der Waals surface area contributed by atoms with Gasteiger partial charge in [0, 0.05) is 33.4 Å². The predicted molar refractivity (Wildman–Crippen MR) is 103 cm³/mol. The maximum atomic E-state index is 5.65. The van der Waals surface area contributed by atoms with Crippen molar-refractivity contribution in [2.45, 2.75) is 31.9 Å². The Morgan fingerprint density at radius 2 is 2.28 bits per heavy atom. The van der Waals surface area contributed by atoms with Crippen molar-refractivity contribution in [1.82, 2.24) is 10.6 Å². The molecule has 2 rings (SSSR count). The highest BCUT2D eigenvalue weighted by Crippen LogP contribution is 2.25. The summed E-state index contributed by atoms with van der Waals surface area (Å²) in [7, 11) is 3.43. The summed E-state index contributed by atoms with van der Waals surface area (Å²) in [5, 5.41) is 6.60. The average Bonchev–Trinajstić information content (AvgIpc) is 3.14. The van der Waals surface area contributed by atoms with Crippen LogP contribution < -0.4 is 15.4 Å². The van der Waals surface area contributed by atoms with Crippen molar-refractivity contribution in [2.24, 2.45) is 4.99 Å². The fourth-order valence-electron chi connectivity index (χ4n) is 2.60. The van der Waals surface area contributed by atoms with Gasteiger partial charge in [0.15, 0.2) is 5.96 Å². The summed E-state index contributed by atoms with van der Waals surface area (Å²) in [6.07, 6.45) is 3.51. The molecular formula is C18H28BrN3O3. The second kappa shape index (κ2) is 11.3. The molecule has 1 atom stereocenters. The van der Waals surface area contributed by atoms with Gasteiger partial charge in [0.1, 0.15) is 5.75 Å². The van der Waals surface area contributed by atoms with E-state index in [9.17, 15) is 0 Å². The number of ether oxygens (including phenoxy) is 3. The Balaban J connectivity index is 1.59. The highest BCUT2D eigenvalue weighted by molar-refractivity contribution is 9.10. The average molecular weight is 414 g/mol. The van der Waals surface area contributed by atoms with E-state index in [1.807, 2.05) is 18.2 Å². The van der Waals surface area contributed by atoms with Gasteiger partial charge in [0.05, 0.1) is 24.3 Å². The number of nitrogens with zero attached hydrogens (tertiary/aromatic N) is 1. The summed E-state index contributed by atoms with van der Waals surface area (Å²) >= 11 is 3.50. The van der Waals surface area contributed by atoms with Crippen molar-refractivity contribution >= 4 is 21.9 Å². The second-order valence-corrected chi connectivity index (χ2v) is 6.74. The Labute approximate surface area is 158 Å². The van der Waals surface area contributed by atoms with Crippen molar-refractivity contribution in [3.63, 3.8) is 0 Å². The Kier molecular flexibility index (Phi) is 9.07. The molecule has 1 aromatic carbocycles. The fraction of sp³-hybridized carbons (Fsp3) is 0.611. The lowest BCUT2D eigenvalue weighted by Crippen LogP contribution is -2.37. The Bertz CT molecular complexity index is 548. The quantitative estimate of drug-likeness (QED) is 0.370. The highest BCUT2D eigenvalue weighted by atomic mass is 79.9. The van der Waals surface area contributed by atoms with Gasteiger partial charge in [-0.05, 0) is 52.9 Å². The monoisotopic (exact) mass is 413 g/mol. The van der Waals surface area contributed by atoms with Crippen molar-refractivity contribution < 1.29 is 14.2 Å². The summed E-state index contributed by atoms with van der Waals surface area (Å²) in [5.41, 5.74) is 1.15. The molecule has 1 unspecified atom stereocenters. The van der Waals surface area contributed by atoms with Gasteiger partial charge in [-0.2, -0.15) is 0 Å². The number of methoxy groups -OCH3 is 1. The number of nitrogens with one attached hydrogen (secondary N) is 2. The lowest BCUT2D eigenvalue weighted by Gasteiger charge is -2.13. The summed E-state index contributed by atoms with van der Waals surface area (Å²) in [6, 6.07) is 6.02. The van der Waals surface area contributed by atoms with Crippen LogP contribution in [-0.2, 0) is 16.0 Å². The smallest absolute Gasteiger partial charge is 0.191 e. The normalized spacial score (nSPS) is 17.6. The van der Waals surface area contributed by atoms with Gasteiger partial charge in [-0.25, -0.2) is 0 Å². The maximum Gasteiger partial charge on any atom is 0.191 e. The van der Waals surface area contributed by atoms with Crippen LogP contribution in [0.25, 0.3) is 0 Å². The molecule has 0 bridgehead atoms. The molecule has 6 nitrogen and oxygen atoms in total. The van der Waals surface area contributed by atoms with Gasteiger partial charge in [0.2, 0.25) is 0 Å². The molecule has 7 heteroatoms. The molecule has 0 amide bonds. The molecule has 140 valence electrons. The van der Waals surface area contributed by atoms with E-state index in [1.165, 1.54) is 0 Å². The molecule has 0 saturated carbocycles. The first-order valence-corrected chi connectivity index (χ1v) is 9.48. The van der Waals surface area contributed by atoms with Crippen LogP contribution in [0.4, 0.5) is 0 Å². The van der Waals surface area contributed by atoms with Crippen LogP contribution in [-0.4, -0.2) is 52.6 Å². The van der Waals surface area contributed by atoms with Crippen LogP contribution in [0.5, 0.6) is 5.75 Å². The fourth-order valence-corrected chi connectivity index (χ4v) is 3.19. The number of guanidine groups is 1. The van der Waals surface area contributed by atoms with Crippen molar-refractivity contribution in [3.8, 4) is 5.75 Å². The molecular weight excluding hydrogens is 386 g/mol. The van der Waals surface area contributed by atoms with E-state index in [1.54, 1.807) is 14.2 Å². The molecule has 1 aliphatic heterocycles. The van der Waals surface area contributed by atoms with Crippen LogP contribution in [0, 0.1) is 0 Å². The number of aliphatic imine (C=N–C) groups is 1. The van der Waals surface area contributed by atoms with E-state index in [0.717, 1.165) is 60.8 Å². The summed E-state index contributed by atoms with van der Waals surface area (Å²) in [6.45, 7) is 3.83. The Morgan fingerprint density at radius 3 is 2.96 bits per heavy atom. The van der Waals surface area contributed by atoms with Gasteiger partial charge >= 0.3 is 0 Å². The van der Waals surface area contributed by atoms with Crippen molar-refractivity contribution in [1.29, 1.82) is 0 Å². The van der Waals surface area contributed by atoms with E-state index < -0.39 is 0 Å². The van der Waals surface area contributed by atoms with E-state index in [-0.39, 0.29) is 0 Å². The van der Waals surface area contributed by atoms with Gasteiger partial charge in [-0.1, -0.05) is 6.07 Å². The van der Waals surface area contributed by atoms with E-state index >= 15 is 0 Å². The number of hydrogen-bond acceptors (Lipinski definition) is 4. The van der Waals surface area contributed by atoms with E-state index in [0.29, 0.717) is 19.3 Å². The van der Waals surface area contributed by atoms with Gasteiger partial charge in [0.25, 0.3) is 0 Å². The molecule has 0 radical (unpaired) electrons. The molecule has 1 aromatic rings. The molecule has 25 heavy (non-hydrogen) atoms. The molecule has 1 heterocycles. The molecule has 0 aliphatic carbocycles. The zero-order chi connectivity index (χ0) is 17.9. The SMILES string of the molecule is CN=C(NCCCOCC1CCCO1)NCc1ccc(OC)c(Br)c1. The minimum atomic E-state index is 0.297. The third-order valence-corrected chi connectivity index (χ3v) is 4.61. The van der Waals surface area contributed by atoms with Gasteiger partial charge < -0.3 is 24.8 Å². The minimum absolute atomic E-state index is 0.297. The van der Waals surface area contributed by atoms with Gasteiger partial charge in [-0.3, -0.25) is 4.99 Å². The highest BCUT2D eigenvalue weighted by Gasteiger charge is 2.14. The molecule has 2 N–H and O–H groups in total. The lowest BCUT2D eigenvalue weighted by atomic mass is 10.2. The number of rotatable bonds is 9. The lowest BCUT2D eigenvalue weighted by molar-refractivity contribution is 0.0168. The number of benzene rings is 1. The first-order chi connectivity index (χ1) is 12.2.